The van der Waals surface area contributed by atoms with Crippen molar-refractivity contribution >= 4 is 9.84 Å². The topological polar surface area (TPSA) is 68.1 Å². The SMILES string of the molecule is Cc1c(CN2CCC[C@@H](c3ncccc3S(C)(=O)=O)C2)cnn1Cc1ccccc1. The molecule has 1 saturated heterocycles. The molecule has 7 heteroatoms. The van der Waals surface area contributed by atoms with Gasteiger partial charge < -0.3 is 0 Å². The average Bonchev–Trinajstić information content (AvgIpc) is 3.08. The molecular weight excluding hydrogens is 396 g/mol. The summed E-state index contributed by atoms with van der Waals surface area (Å²) in [6.07, 6.45) is 6.91. The molecular formula is C23H28N4O2S. The van der Waals surface area contributed by atoms with Gasteiger partial charge in [-0.1, -0.05) is 30.3 Å². The molecule has 1 atom stereocenters. The second-order valence-corrected chi connectivity index (χ2v) is 10.1. The van der Waals surface area contributed by atoms with Crippen LogP contribution < -0.4 is 0 Å². The van der Waals surface area contributed by atoms with Crippen molar-refractivity contribution in [3.05, 3.63) is 77.4 Å². The predicted molar refractivity (Wildman–Crippen MR) is 117 cm³/mol. The molecule has 0 spiro atoms. The fourth-order valence-electron chi connectivity index (χ4n) is 4.24. The Morgan fingerprint density at radius 1 is 1.10 bits per heavy atom. The molecule has 3 aromatic rings. The van der Waals surface area contributed by atoms with E-state index in [4.69, 9.17) is 0 Å². The molecule has 1 fully saturated rings. The molecule has 158 valence electrons. The largest absolute Gasteiger partial charge is 0.298 e. The number of hydrogen-bond acceptors (Lipinski definition) is 5. The summed E-state index contributed by atoms with van der Waals surface area (Å²) in [5.74, 6) is 0.129. The monoisotopic (exact) mass is 424 g/mol. The number of likely N-dealkylation sites (tertiary alicyclic amines) is 1. The van der Waals surface area contributed by atoms with Crippen LogP contribution in [0.25, 0.3) is 0 Å². The second kappa shape index (κ2) is 8.70. The van der Waals surface area contributed by atoms with E-state index in [9.17, 15) is 8.42 Å². The zero-order chi connectivity index (χ0) is 21.1. The van der Waals surface area contributed by atoms with Crippen molar-refractivity contribution in [3.63, 3.8) is 0 Å². The maximum absolute atomic E-state index is 12.2. The molecule has 2 aromatic heterocycles. The van der Waals surface area contributed by atoms with Crippen LogP contribution >= 0.6 is 0 Å². The first-order valence-electron chi connectivity index (χ1n) is 10.3. The van der Waals surface area contributed by atoms with Crippen molar-refractivity contribution in [2.24, 2.45) is 0 Å². The zero-order valence-corrected chi connectivity index (χ0v) is 18.3. The van der Waals surface area contributed by atoms with Gasteiger partial charge in [0.15, 0.2) is 9.84 Å². The highest BCUT2D eigenvalue weighted by atomic mass is 32.2. The zero-order valence-electron chi connectivity index (χ0n) is 17.5. The quantitative estimate of drug-likeness (QED) is 0.607. The second-order valence-electron chi connectivity index (χ2n) is 8.13. The van der Waals surface area contributed by atoms with Gasteiger partial charge in [-0.2, -0.15) is 5.10 Å². The van der Waals surface area contributed by atoms with Gasteiger partial charge >= 0.3 is 0 Å². The molecule has 1 aromatic carbocycles. The van der Waals surface area contributed by atoms with Crippen LogP contribution in [0, 0.1) is 6.92 Å². The fraction of sp³-hybridized carbons (Fsp3) is 0.391. The maximum Gasteiger partial charge on any atom is 0.177 e. The van der Waals surface area contributed by atoms with Gasteiger partial charge in [-0.25, -0.2) is 8.42 Å². The normalized spacial score (nSPS) is 17.9. The van der Waals surface area contributed by atoms with Gasteiger partial charge in [-0.05, 0) is 44.0 Å². The number of hydrogen-bond donors (Lipinski definition) is 0. The van der Waals surface area contributed by atoms with Gasteiger partial charge in [0.25, 0.3) is 0 Å². The van der Waals surface area contributed by atoms with Crippen LogP contribution in [-0.2, 0) is 22.9 Å². The Morgan fingerprint density at radius 2 is 1.90 bits per heavy atom. The summed E-state index contributed by atoms with van der Waals surface area (Å²) in [6, 6.07) is 13.7. The van der Waals surface area contributed by atoms with Crippen molar-refractivity contribution in [2.45, 2.75) is 43.7 Å². The van der Waals surface area contributed by atoms with Gasteiger partial charge in [-0.15, -0.1) is 0 Å². The molecule has 0 bridgehead atoms. The van der Waals surface area contributed by atoms with Crippen LogP contribution in [0.1, 0.15) is 41.3 Å². The summed E-state index contributed by atoms with van der Waals surface area (Å²) in [5.41, 5.74) is 4.34. The van der Waals surface area contributed by atoms with E-state index in [1.54, 1.807) is 18.3 Å². The van der Waals surface area contributed by atoms with Crippen molar-refractivity contribution in [1.82, 2.24) is 19.7 Å². The number of benzene rings is 1. The standard InChI is InChI=1S/C23H28N4O2S/c1-18-21(14-25-27(18)15-19-8-4-3-5-9-19)17-26-13-7-10-20(16-26)23-22(30(2,28)29)11-6-12-24-23/h3-6,8-9,11-12,14,20H,7,10,13,15-17H2,1-2H3/t20-/m1/s1. The molecule has 1 aliphatic rings. The lowest BCUT2D eigenvalue weighted by Crippen LogP contribution is -2.34. The van der Waals surface area contributed by atoms with E-state index in [0.29, 0.717) is 10.6 Å². The van der Waals surface area contributed by atoms with Crippen LogP contribution in [0.5, 0.6) is 0 Å². The third kappa shape index (κ3) is 4.63. The van der Waals surface area contributed by atoms with E-state index in [-0.39, 0.29) is 5.92 Å². The van der Waals surface area contributed by atoms with E-state index in [1.807, 2.05) is 29.1 Å². The highest BCUT2D eigenvalue weighted by molar-refractivity contribution is 7.90. The lowest BCUT2D eigenvalue weighted by atomic mass is 9.94. The molecule has 30 heavy (non-hydrogen) atoms. The Hall–Kier alpha value is -2.51. The van der Waals surface area contributed by atoms with Crippen molar-refractivity contribution in [3.8, 4) is 0 Å². The lowest BCUT2D eigenvalue weighted by molar-refractivity contribution is 0.197. The van der Waals surface area contributed by atoms with Crippen LogP contribution in [0.2, 0.25) is 0 Å². The molecule has 0 radical (unpaired) electrons. The molecule has 0 aliphatic carbocycles. The Bertz CT molecular complexity index is 1110. The first-order chi connectivity index (χ1) is 14.4. The van der Waals surface area contributed by atoms with Crippen molar-refractivity contribution in [2.75, 3.05) is 19.3 Å². The van der Waals surface area contributed by atoms with E-state index in [2.05, 4.69) is 34.0 Å². The van der Waals surface area contributed by atoms with E-state index < -0.39 is 9.84 Å². The lowest BCUT2D eigenvalue weighted by Gasteiger charge is -2.33. The molecule has 6 nitrogen and oxygen atoms in total. The smallest absolute Gasteiger partial charge is 0.177 e. The Morgan fingerprint density at radius 3 is 2.67 bits per heavy atom. The molecule has 1 aliphatic heterocycles. The summed E-state index contributed by atoms with van der Waals surface area (Å²) in [5, 5.41) is 4.60. The van der Waals surface area contributed by atoms with Gasteiger partial charge in [0.05, 0.1) is 23.3 Å². The third-order valence-electron chi connectivity index (χ3n) is 5.87. The summed E-state index contributed by atoms with van der Waals surface area (Å²) in [6.45, 7) is 5.51. The van der Waals surface area contributed by atoms with Gasteiger partial charge in [0.1, 0.15) is 0 Å². The van der Waals surface area contributed by atoms with Gasteiger partial charge in [0.2, 0.25) is 0 Å². The van der Waals surface area contributed by atoms with Crippen LogP contribution in [0.4, 0.5) is 0 Å². The van der Waals surface area contributed by atoms with E-state index >= 15 is 0 Å². The minimum Gasteiger partial charge on any atom is -0.298 e. The number of aromatic nitrogens is 3. The molecule has 0 saturated carbocycles. The molecule has 0 unspecified atom stereocenters. The first kappa shape index (κ1) is 20.8. The summed E-state index contributed by atoms with van der Waals surface area (Å²) in [7, 11) is -3.29. The molecule has 3 heterocycles. The van der Waals surface area contributed by atoms with Gasteiger partial charge in [0, 0.05) is 42.7 Å². The number of nitrogens with zero attached hydrogens (tertiary/aromatic N) is 4. The number of sulfone groups is 1. The minimum absolute atomic E-state index is 0.129. The van der Waals surface area contributed by atoms with Gasteiger partial charge in [-0.3, -0.25) is 14.6 Å². The Balaban J connectivity index is 1.48. The number of piperidine rings is 1. The van der Waals surface area contributed by atoms with Crippen molar-refractivity contribution < 1.29 is 8.42 Å². The average molecular weight is 425 g/mol. The summed E-state index contributed by atoms with van der Waals surface area (Å²) < 4.78 is 26.5. The Kier molecular flexibility index (Phi) is 6.01. The Labute approximate surface area is 178 Å². The van der Waals surface area contributed by atoms with Crippen LogP contribution in [0.3, 0.4) is 0 Å². The fourth-order valence-corrected chi connectivity index (χ4v) is 5.17. The molecule has 0 N–H and O–H groups in total. The van der Waals surface area contributed by atoms with Crippen LogP contribution in [-0.4, -0.2) is 47.4 Å². The van der Waals surface area contributed by atoms with Crippen molar-refractivity contribution in [1.29, 1.82) is 0 Å². The maximum atomic E-state index is 12.2. The highest BCUT2D eigenvalue weighted by Gasteiger charge is 2.27. The summed E-state index contributed by atoms with van der Waals surface area (Å²) in [4.78, 5) is 7.22. The van der Waals surface area contributed by atoms with E-state index in [1.165, 1.54) is 23.1 Å². The minimum atomic E-state index is -3.29. The van der Waals surface area contributed by atoms with E-state index in [0.717, 1.165) is 39.0 Å². The summed E-state index contributed by atoms with van der Waals surface area (Å²) >= 11 is 0. The highest BCUT2D eigenvalue weighted by Crippen LogP contribution is 2.30. The van der Waals surface area contributed by atoms with Crippen LogP contribution in [0.15, 0.2) is 59.8 Å². The third-order valence-corrected chi connectivity index (χ3v) is 7.01. The number of rotatable bonds is 6. The predicted octanol–water partition coefficient (Wildman–Crippen LogP) is 3.42. The molecule has 4 rings (SSSR count). The first-order valence-corrected chi connectivity index (χ1v) is 12.2. The number of pyridine rings is 1. The molecule has 0 amide bonds.